The monoisotopic (exact) mass is 400 g/mol. The van der Waals surface area contributed by atoms with Gasteiger partial charge in [-0.1, -0.05) is 13.8 Å². The van der Waals surface area contributed by atoms with Gasteiger partial charge in [-0.05, 0) is 19.8 Å². The van der Waals surface area contributed by atoms with Crippen molar-refractivity contribution < 1.29 is 24.0 Å². The number of nitrogens with one attached hydrogen (secondary N) is 3. The van der Waals surface area contributed by atoms with E-state index in [1.807, 2.05) is 0 Å². The summed E-state index contributed by atoms with van der Waals surface area (Å²) >= 11 is 0. The average molecular weight is 400 g/mol. The summed E-state index contributed by atoms with van der Waals surface area (Å²) in [6.45, 7) is 6.39. The highest BCUT2D eigenvalue weighted by Gasteiger charge is 2.30. The van der Waals surface area contributed by atoms with Gasteiger partial charge in [-0.25, -0.2) is 0 Å². The zero-order valence-electron chi connectivity index (χ0n) is 17.2. The van der Waals surface area contributed by atoms with Gasteiger partial charge in [-0.3, -0.25) is 24.0 Å². The highest BCUT2D eigenvalue weighted by atomic mass is 16.2. The summed E-state index contributed by atoms with van der Waals surface area (Å²) in [7, 11) is 3.15. The van der Waals surface area contributed by atoms with Crippen LogP contribution in [0, 0.1) is 5.92 Å². The summed E-state index contributed by atoms with van der Waals surface area (Å²) in [5.74, 6) is -3.25. The van der Waals surface area contributed by atoms with E-state index >= 15 is 0 Å². The van der Waals surface area contributed by atoms with Crippen molar-refractivity contribution in [3.8, 4) is 0 Å². The summed E-state index contributed by atoms with van der Waals surface area (Å²) in [5, 5.41) is 7.31. The second-order valence-electron chi connectivity index (χ2n) is 7.21. The lowest BCUT2D eigenvalue weighted by Gasteiger charge is -2.27. The van der Waals surface area contributed by atoms with Crippen LogP contribution in [0.4, 0.5) is 0 Å². The Morgan fingerprint density at radius 1 is 0.857 bits per heavy atom. The predicted molar refractivity (Wildman–Crippen MR) is 102 cm³/mol. The van der Waals surface area contributed by atoms with Gasteiger partial charge in [0.15, 0.2) is 0 Å². The van der Waals surface area contributed by atoms with Gasteiger partial charge >= 0.3 is 0 Å². The number of primary amides is 1. The van der Waals surface area contributed by atoms with Crippen LogP contribution in [0.1, 0.15) is 34.1 Å². The zero-order chi connectivity index (χ0) is 22.2. The van der Waals surface area contributed by atoms with E-state index in [4.69, 9.17) is 11.5 Å². The maximum absolute atomic E-state index is 12.4. The largest absolute Gasteiger partial charge is 0.370 e. The number of carbonyl (C=O) groups is 5. The van der Waals surface area contributed by atoms with Crippen molar-refractivity contribution >= 4 is 29.5 Å². The van der Waals surface area contributed by atoms with Gasteiger partial charge in [-0.15, -0.1) is 0 Å². The molecular formula is C17H32N6O5. The van der Waals surface area contributed by atoms with Crippen LogP contribution in [0.15, 0.2) is 0 Å². The number of amides is 5. The van der Waals surface area contributed by atoms with Gasteiger partial charge in [-0.2, -0.15) is 0 Å². The third-order valence-corrected chi connectivity index (χ3v) is 3.88. The molecular weight excluding hydrogens is 368 g/mol. The predicted octanol–water partition coefficient (Wildman–Crippen LogP) is -2.57. The lowest BCUT2D eigenvalue weighted by molar-refractivity contribution is -0.137. The van der Waals surface area contributed by atoms with Crippen LogP contribution in [0.5, 0.6) is 0 Å². The Hall–Kier alpha value is -2.69. The van der Waals surface area contributed by atoms with Gasteiger partial charge in [0, 0.05) is 14.1 Å². The maximum atomic E-state index is 12.4. The lowest BCUT2D eigenvalue weighted by atomic mass is 10.0. The van der Waals surface area contributed by atoms with E-state index in [1.54, 1.807) is 27.9 Å². The lowest BCUT2D eigenvalue weighted by Crippen LogP contribution is -2.58. The standard InChI is InChI=1S/C17H32N6O5/c1-8(2)13(17(28)23(5)6)22-15(26)10(4)20-16(27)11(7-12(19)24)21-14(25)9(3)18/h8-11,13H,7,18H2,1-6H3,(H2,19,24)(H,20,27)(H,21,25)(H,22,26)/t9-,10-,11-,13-/m0/s1. The number of hydrogen-bond donors (Lipinski definition) is 5. The molecule has 7 N–H and O–H groups in total. The molecule has 0 spiro atoms. The molecule has 28 heavy (non-hydrogen) atoms. The van der Waals surface area contributed by atoms with Crippen LogP contribution in [0.3, 0.4) is 0 Å². The summed E-state index contributed by atoms with van der Waals surface area (Å²) in [6.07, 6.45) is -0.452. The van der Waals surface area contributed by atoms with E-state index in [-0.39, 0.29) is 11.8 Å². The number of nitrogens with zero attached hydrogens (tertiary/aromatic N) is 1. The molecule has 11 heteroatoms. The fourth-order valence-corrected chi connectivity index (χ4v) is 2.16. The molecule has 0 aliphatic rings. The van der Waals surface area contributed by atoms with Crippen molar-refractivity contribution in [1.82, 2.24) is 20.9 Å². The molecule has 0 unspecified atom stereocenters. The second-order valence-corrected chi connectivity index (χ2v) is 7.21. The van der Waals surface area contributed by atoms with Gasteiger partial charge < -0.3 is 32.3 Å². The molecule has 0 saturated carbocycles. The number of rotatable bonds is 10. The second kappa shape index (κ2) is 11.2. The summed E-state index contributed by atoms with van der Waals surface area (Å²) in [4.78, 5) is 61.2. The Kier molecular flexibility index (Phi) is 10.1. The molecule has 0 aromatic rings. The Morgan fingerprint density at radius 2 is 1.39 bits per heavy atom. The van der Waals surface area contributed by atoms with Crippen LogP contribution < -0.4 is 27.4 Å². The molecule has 0 radical (unpaired) electrons. The first kappa shape index (κ1) is 25.3. The maximum Gasteiger partial charge on any atom is 0.244 e. The Labute approximate surface area is 164 Å². The van der Waals surface area contributed by atoms with E-state index < -0.39 is 54.2 Å². The third kappa shape index (κ3) is 8.33. The van der Waals surface area contributed by atoms with Crippen LogP contribution in [-0.4, -0.2) is 72.7 Å². The molecule has 0 heterocycles. The van der Waals surface area contributed by atoms with Gasteiger partial charge in [0.1, 0.15) is 18.1 Å². The first-order chi connectivity index (χ1) is 12.8. The topological polar surface area (TPSA) is 177 Å². The first-order valence-corrected chi connectivity index (χ1v) is 8.94. The molecule has 0 bridgehead atoms. The Balaban J connectivity index is 5.10. The number of nitrogens with two attached hydrogens (primary N) is 2. The highest BCUT2D eigenvalue weighted by molar-refractivity contribution is 5.96. The van der Waals surface area contributed by atoms with Crippen molar-refractivity contribution in [3.63, 3.8) is 0 Å². The minimum atomic E-state index is -1.27. The Bertz CT molecular complexity index is 605. The number of likely N-dealkylation sites (N-methyl/N-ethyl adjacent to an activating group) is 1. The molecule has 5 amide bonds. The van der Waals surface area contributed by atoms with Crippen molar-refractivity contribution in [3.05, 3.63) is 0 Å². The fraction of sp³-hybridized carbons (Fsp3) is 0.706. The molecule has 4 atom stereocenters. The third-order valence-electron chi connectivity index (χ3n) is 3.88. The van der Waals surface area contributed by atoms with E-state index in [2.05, 4.69) is 16.0 Å². The van der Waals surface area contributed by atoms with Gasteiger partial charge in [0.05, 0.1) is 12.5 Å². The molecule has 0 aromatic heterocycles. The molecule has 0 aromatic carbocycles. The summed E-state index contributed by atoms with van der Waals surface area (Å²) in [5.41, 5.74) is 10.6. The molecule has 160 valence electrons. The van der Waals surface area contributed by atoms with Gasteiger partial charge in [0.25, 0.3) is 0 Å². The molecule has 0 saturated heterocycles. The van der Waals surface area contributed by atoms with Crippen molar-refractivity contribution in [2.45, 2.75) is 58.3 Å². The Morgan fingerprint density at radius 3 is 1.79 bits per heavy atom. The van der Waals surface area contributed by atoms with Crippen LogP contribution in [-0.2, 0) is 24.0 Å². The van der Waals surface area contributed by atoms with E-state index in [0.717, 1.165) is 0 Å². The number of carbonyl (C=O) groups excluding carboxylic acids is 5. The minimum absolute atomic E-state index is 0.172. The van der Waals surface area contributed by atoms with E-state index in [9.17, 15) is 24.0 Å². The first-order valence-electron chi connectivity index (χ1n) is 8.94. The SMILES string of the molecule is CC(C)[C@H](NC(=O)[C@H](C)NC(=O)[C@H](CC(N)=O)NC(=O)[C@H](C)N)C(=O)N(C)C. The normalized spacial score (nSPS) is 15.0. The summed E-state index contributed by atoms with van der Waals surface area (Å²) in [6, 6.07) is -3.95. The quantitative estimate of drug-likeness (QED) is 0.269. The van der Waals surface area contributed by atoms with Crippen LogP contribution in [0.2, 0.25) is 0 Å². The van der Waals surface area contributed by atoms with E-state index in [1.165, 1.54) is 18.7 Å². The smallest absolute Gasteiger partial charge is 0.244 e. The van der Waals surface area contributed by atoms with Crippen molar-refractivity contribution in [2.75, 3.05) is 14.1 Å². The van der Waals surface area contributed by atoms with E-state index in [0.29, 0.717) is 0 Å². The van der Waals surface area contributed by atoms with Crippen LogP contribution >= 0.6 is 0 Å². The minimum Gasteiger partial charge on any atom is -0.370 e. The van der Waals surface area contributed by atoms with Crippen molar-refractivity contribution in [1.29, 1.82) is 0 Å². The van der Waals surface area contributed by atoms with Crippen molar-refractivity contribution in [2.24, 2.45) is 17.4 Å². The zero-order valence-corrected chi connectivity index (χ0v) is 17.2. The highest BCUT2D eigenvalue weighted by Crippen LogP contribution is 2.05. The number of hydrogen-bond acceptors (Lipinski definition) is 6. The summed E-state index contributed by atoms with van der Waals surface area (Å²) < 4.78 is 0. The molecule has 0 aliphatic heterocycles. The molecule has 0 rings (SSSR count). The fourth-order valence-electron chi connectivity index (χ4n) is 2.16. The average Bonchev–Trinajstić information content (AvgIpc) is 2.56. The molecule has 0 aliphatic carbocycles. The molecule has 0 fully saturated rings. The van der Waals surface area contributed by atoms with Crippen LogP contribution in [0.25, 0.3) is 0 Å². The van der Waals surface area contributed by atoms with Gasteiger partial charge in [0.2, 0.25) is 29.5 Å². The molecule has 11 nitrogen and oxygen atoms in total.